The molecule has 0 radical (unpaired) electrons. The average Bonchev–Trinajstić information content (AvgIpc) is 3.43. The van der Waals surface area contributed by atoms with Crippen molar-refractivity contribution in [3.8, 4) is 11.5 Å². The lowest BCUT2D eigenvalue weighted by molar-refractivity contribution is -0.121. The molecule has 29 heavy (non-hydrogen) atoms. The molecule has 3 aromatic rings. The van der Waals surface area contributed by atoms with Gasteiger partial charge in [0.05, 0.1) is 4.90 Å². The van der Waals surface area contributed by atoms with Crippen LogP contribution in [0.25, 0.3) is 11.5 Å². The third-order valence-corrected chi connectivity index (χ3v) is 7.55. The van der Waals surface area contributed by atoms with Gasteiger partial charge in [0.25, 0.3) is 5.89 Å². The summed E-state index contributed by atoms with van der Waals surface area (Å²) in [5.74, 6) is 0.269. The van der Waals surface area contributed by atoms with E-state index in [0.29, 0.717) is 23.2 Å². The Morgan fingerprint density at radius 1 is 1.14 bits per heavy atom. The van der Waals surface area contributed by atoms with Crippen LogP contribution in [0.5, 0.6) is 0 Å². The van der Waals surface area contributed by atoms with Crippen LogP contribution in [0.15, 0.2) is 58.2 Å². The molecule has 8 nitrogen and oxygen atoms in total. The van der Waals surface area contributed by atoms with E-state index in [2.05, 4.69) is 20.4 Å². The number of pyridine rings is 1. The van der Waals surface area contributed by atoms with Crippen LogP contribution >= 0.6 is 11.6 Å². The highest BCUT2D eigenvalue weighted by Crippen LogP contribution is 2.47. The summed E-state index contributed by atoms with van der Waals surface area (Å²) < 4.78 is 29.6. The summed E-state index contributed by atoms with van der Waals surface area (Å²) in [7, 11) is -3.80. The van der Waals surface area contributed by atoms with Crippen LogP contribution in [0.2, 0.25) is 5.02 Å². The number of nitrogens with zero attached hydrogens (tertiary/aromatic N) is 3. The van der Waals surface area contributed by atoms with Crippen LogP contribution in [0.3, 0.4) is 0 Å². The van der Waals surface area contributed by atoms with Crippen molar-refractivity contribution in [2.45, 2.75) is 28.9 Å². The molecule has 0 saturated heterocycles. The molecule has 1 amide bonds. The van der Waals surface area contributed by atoms with E-state index in [0.717, 1.165) is 5.56 Å². The number of rotatable bonds is 7. The SMILES string of the molecule is O=C(NCCc1noc(-c2ccncc2)n1)C1(S(=O)(=O)c2ccc(Cl)cc2)CC1. The lowest BCUT2D eigenvalue weighted by Gasteiger charge is -2.16. The first-order valence-electron chi connectivity index (χ1n) is 8.94. The van der Waals surface area contributed by atoms with Gasteiger partial charge >= 0.3 is 0 Å². The van der Waals surface area contributed by atoms with Gasteiger partial charge in [0.2, 0.25) is 5.91 Å². The highest BCUT2D eigenvalue weighted by Gasteiger charge is 2.61. The molecule has 1 aromatic carbocycles. The van der Waals surface area contributed by atoms with Crippen molar-refractivity contribution in [2.24, 2.45) is 0 Å². The van der Waals surface area contributed by atoms with Crippen molar-refractivity contribution < 1.29 is 17.7 Å². The normalized spacial score (nSPS) is 15.1. The molecule has 1 saturated carbocycles. The van der Waals surface area contributed by atoms with Crippen LogP contribution in [0.1, 0.15) is 18.7 Å². The summed E-state index contributed by atoms with van der Waals surface area (Å²) in [6.45, 7) is 0.200. The Balaban J connectivity index is 1.39. The predicted molar refractivity (Wildman–Crippen MR) is 105 cm³/mol. The second-order valence-electron chi connectivity index (χ2n) is 6.71. The van der Waals surface area contributed by atoms with E-state index in [1.54, 1.807) is 24.5 Å². The molecule has 1 N–H and O–H groups in total. The fourth-order valence-electron chi connectivity index (χ4n) is 2.99. The number of amides is 1. The number of aromatic nitrogens is 3. The predicted octanol–water partition coefficient (Wildman–Crippen LogP) is 2.45. The molecule has 0 aliphatic heterocycles. The van der Waals surface area contributed by atoms with Gasteiger partial charge < -0.3 is 9.84 Å². The quantitative estimate of drug-likeness (QED) is 0.609. The van der Waals surface area contributed by atoms with Gasteiger partial charge in [-0.05, 0) is 49.2 Å². The Hall–Kier alpha value is -2.78. The Labute approximate surface area is 172 Å². The number of nitrogens with one attached hydrogen (secondary N) is 1. The number of hydrogen-bond acceptors (Lipinski definition) is 7. The minimum atomic E-state index is -3.80. The zero-order valence-corrected chi connectivity index (χ0v) is 16.8. The topological polar surface area (TPSA) is 115 Å². The standard InChI is InChI=1S/C19H17ClN4O4S/c20-14-1-3-15(4-2-14)29(26,27)19(8-9-19)18(25)22-12-7-16-23-17(28-24-16)13-5-10-21-11-6-13/h1-6,10-11H,7-9,12H2,(H,22,25). The molecule has 2 heterocycles. The summed E-state index contributed by atoms with van der Waals surface area (Å²) in [6, 6.07) is 9.34. The van der Waals surface area contributed by atoms with Crippen molar-refractivity contribution in [1.82, 2.24) is 20.4 Å². The first kappa shape index (κ1) is 19.5. The average molecular weight is 433 g/mol. The fraction of sp³-hybridized carbons (Fsp3) is 0.263. The molecule has 1 aliphatic carbocycles. The zero-order chi connectivity index (χ0) is 20.5. The van der Waals surface area contributed by atoms with E-state index in [1.807, 2.05) is 0 Å². The van der Waals surface area contributed by atoms with E-state index >= 15 is 0 Å². The van der Waals surface area contributed by atoms with Gasteiger partial charge in [-0.3, -0.25) is 9.78 Å². The van der Waals surface area contributed by atoms with Gasteiger partial charge in [-0.1, -0.05) is 16.8 Å². The number of hydrogen-bond donors (Lipinski definition) is 1. The number of carbonyl (C=O) groups is 1. The highest BCUT2D eigenvalue weighted by atomic mass is 35.5. The lowest BCUT2D eigenvalue weighted by atomic mass is 10.3. The maximum absolute atomic E-state index is 12.9. The first-order valence-corrected chi connectivity index (χ1v) is 10.8. The monoisotopic (exact) mass is 432 g/mol. The second kappa shape index (κ2) is 7.57. The summed E-state index contributed by atoms with van der Waals surface area (Å²) in [5.41, 5.74) is 0.744. The largest absolute Gasteiger partial charge is 0.354 e. The minimum Gasteiger partial charge on any atom is -0.354 e. The van der Waals surface area contributed by atoms with E-state index in [-0.39, 0.29) is 24.3 Å². The Morgan fingerprint density at radius 2 is 1.83 bits per heavy atom. The van der Waals surface area contributed by atoms with E-state index in [9.17, 15) is 13.2 Å². The van der Waals surface area contributed by atoms with Crippen molar-refractivity contribution in [1.29, 1.82) is 0 Å². The van der Waals surface area contributed by atoms with Crippen molar-refractivity contribution in [3.05, 3.63) is 59.6 Å². The third kappa shape index (κ3) is 3.75. The third-order valence-electron chi connectivity index (χ3n) is 4.79. The van der Waals surface area contributed by atoms with E-state index in [1.165, 1.54) is 24.3 Å². The van der Waals surface area contributed by atoms with Crippen molar-refractivity contribution in [2.75, 3.05) is 6.54 Å². The molecule has 0 bridgehead atoms. The Morgan fingerprint density at radius 3 is 2.48 bits per heavy atom. The summed E-state index contributed by atoms with van der Waals surface area (Å²) in [4.78, 5) is 20.9. The Bertz CT molecular complexity index is 1130. The van der Waals surface area contributed by atoms with Crippen LogP contribution in [0, 0.1) is 0 Å². The molecule has 1 aliphatic rings. The van der Waals surface area contributed by atoms with Crippen molar-refractivity contribution >= 4 is 27.3 Å². The molecule has 1 fully saturated rings. The maximum Gasteiger partial charge on any atom is 0.258 e. The first-order chi connectivity index (χ1) is 13.9. The molecular weight excluding hydrogens is 416 g/mol. The van der Waals surface area contributed by atoms with Gasteiger partial charge in [-0.2, -0.15) is 4.98 Å². The van der Waals surface area contributed by atoms with Crippen LogP contribution in [-0.4, -0.2) is 40.7 Å². The van der Waals surface area contributed by atoms with E-state index < -0.39 is 20.5 Å². The van der Waals surface area contributed by atoms with Crippen molar-refractivity contribution in [3.63, 3.8) is 0 Å². The number of sulfone groups is 1. The van der Waals surface area contributed by atoms with Crippen LogP contribution in [-0.2, 0) is 21.1 Å². The zero-order valence-electron chi connectivity index (χ0n) is 15.2. The molecule has 150 valence electrons. The molecule has 2 aromatic heterocycles. The summed E-state index contributed by atoms with van der Waals surface area (Å²) in [5, 5.41) is 7.01. The van der Waals surface area contributed by atoms with Gasteiger partial charge in [0, 0.05) is 35.9 Å². The fourth-order valence-corrected chi connectivity index (χ4v) is 5.01. The van der Waals surface area contributed by atoms with Gasteiger partial charge in [0.15, 0.2) is 20.4 Å². The molecule has 10 heteroatoms. The van der Waals surface area contributed by atoms with Crippen LogP contribution in [0.4, 0.5) is 0 Å². The molecular formula is C19H17ClN4O4S. The summed E-state index contributed by atoms with van der Waals surface area (Å²) in [6.07, 6.45) is 4.14. The smallest absolute Gasteiger partial charge is 0.258 e. The number of halogens is 1. The highest BCUT2D eigenvalue weighted by molar-refractivity contribution is 7.94. The van der Waals surface area contributed by atoms with Gasteiger partial charge in [-0.25, -0.2) is 8.42 Å². The molecule has 0 spiro atoms. The lowest BCUT2D eigenvalue weighted by Crippen LogP contribution is -2.42. The number of carbonyl (C=O) groups excluding carboxylic acids is 1. The molecule has 0 unspecified atom stereocenters. The molecule has 0 atom stereocenters. The number of benzene rings is 1. The second-order valence-corrected chi connectivity index (χ2v) is 9.41. The van der Waals surface area contributed by atoms with Gasteiger partial charge in [0.1, 0.15) is 0 Å². The summed E-state index contributed by atoms with van der Waals surface area (Å²) >= 11 is 5.83. The minimum absolute atomic E-state index is 0.0923. The Kier molecular flexibility index (Phi) is 5.10. The van der Waals surface area contributed by atoms with Gasteiger partial charge in [-0.15, -0.1) is 0 Å². The van der Waals surface area contributed by atoms with Crippen LogP contribution < -0.4 is 5.32 Å². The van der Waals surface area contributed by atoms with E-state index in [4.69, 9.17) is 16.1 Å². The molecule has 4 rings (SSSR count). The maximum atomic E-state index is 12.9.